The second kappa shape index (κ2) is 3.96. The van der Waals surface area contributed by atoms with E-state index in [1.165, 1.54) is 0 Å². The average Bonchev–Trinajstić information content (AvgIpc) is 2.94. The molecule has 0 bridgehead atoms. The van der Waals surface area contributed by atoms with Crippen LogP contribution in [0.2, 0.25) is 0 Å². The Balaban J connectivity index is 2.15. The summed E-state index contributed by atoms with van der Waals surface area (Å²) in [5.74, 6) is -0.577. The number of hydrogen-bond acceptors (Lipinski definition) is 2. The van der Waals surface area contributed by atoms with Crippen molar-refractivity contribution >= 4 is 21.9 Å². The monoisotopic (exact) mass is 272 g/mol. The van der Waals surface area contributed by atoms with Gasteiger partial charge in [-0.25, -0.2) is 0 Å². The van der Waals surface area contributed by atoms with E-state index in [0.717, 1.165) is 23.0 Å². The maximum Gasteiger partial charge on any atom is 0.307 e. The van der Waals surface area contributed by atoms with Gasteiger partial charge in [0.1, 0.15) is 0 Å². The Morgan fingerprint density at radius 1 is 1.80 bits per heavy atom. The quantitative estimate of drug-likeness (QED) is 0.910. The fourth-order valence-electron chi connectivity index (χ4n) is 1.83. The fraction of sp³-hybridized carbons (Fsp3) is 0.600. The molecule has 1 saturated carbocycles. The first kappa shape index (κ1) is 10.7. The Morgan fingerprint density at radius 3 is 2.87 bits per heavy atom. The molecule has 1 aliphatic carbocycles. The van der Waals surface area contributed by atoms with Crippen LogP contribution in [-0.2, 0) is 18.3 Å². The van der Waals surface area contributed by atoms with E-state index in [2.05, 4.69) is 21.0 Å². The van der Waals surface area contributed by atoms with Crippen LogP contribution in [0.3, 0.4) is 0 Å². The minimum atomic E-state index is -0.689. The molecule has 4 nitrogen and oxygen atoms in total. The number of aryl methyl sites for hydroxylation is 1. The van der Waals surface area contributed by atoms with Crippen molar-refractivity contribution in [1.82, 2.24) is 9.78 Å². The number of rotatable bonds is 4. The average molecular weight is 273 g/mol. The Kier molecular flexibility index (Phi) is 2.82. The standard InChI is InChI=1S/C10H13BrN2O2/c1-13-9(8(11)5-12-13)4-7(10(14)15)6-2-3-6/h5-7H,2-4H2,1H3,(H,14,15). The molecule has 1 aromatic rings. The van der Waals surface area contributed by atoms with Gasteiger partial charge in [-0.05, 0) is 34.7 Å². The predicted octanol–water partition coefficient (Wildman–Crippen LogP) is 1.84. The van der Waals surface area contributed by atoms with Crippen molar-refractivity contribution in [3.8, 4) is 0 Å². The molecule has 1 N–H and O–H groups in total. The second-order valence-electron chi connectivity index (χ2n) is 4.05. The van der Waals surface area contributed by atoms with Gasteiger partial charge in [-0.2, -0.15) is 5.10 Å². The predicted molar refractivity (Wildman–Crippen MR) is 58.5 cm³/mol. The Labute approximate surface area is 96.4 Å². The zero-order valence-electron chi connectivity index (χ0n) is 8.48. The van der Waals surface area contributed by atoms with Crippen LogP contribution in [0.25, 0.3) is 0 Å². The highest BCUT2D eigenvalue weighted by Crippen LogP contribution is 2.39. The lowest BCUT2D eigenvalue weighted by Crippen LogP contribution is -2.20. The van der Waals surface area contributed by atoms with Crippen molar-refractivity contribution in [2.45, 2.75) is 19.3 Å². The van der Waals surface area contributed by atoms with E-state index in [1.54, 1.807) is 10.9 Å². The molecule has 0 amide bonds. The van der Waals surface area contributed by atoms with E-state index in [1.807, 2.05) is 7.05 Å². The first-order valence-corrected chi connectivity index (χ1v) is 5.78. The van der Waals surface area contributed by atoms with Crippen LogP contribution in [-0.4, -0.2) is 20.9 Å². The highest BCUT2D eigenvalue weighted by atomic mass is 79.9. The van der Waals surface area contributed by atoms with E-state index in [-0.39, 0.29) is 5.92 Å². The lowest BCUT2D eigenvalue weighted by Gasteiger charge is -2.11. The SMILES string of the molecule is Cn1ncc(Br)c1CC(C(=O)O)C1CC1. The van der Waals surface area contributed by atoms with Crippen LogP contribution in [0.15, 0.2) is 10.7 Å². The molecule has 1 heterocycles. The summed E-state index contributed by atoms with van der Waals surface area (Å²) in [7, 11) is 1.84. The highest BCUT2D eigenvalue weighted by Gasteiger charge is 2.36. The molecule has 1 unspecified atom stereocenters. The van der Waals surface area contributed by atoms with Gasteiger partial charge in [0.2, 0.25) is 0 Å². The summed E-state index contributed by atoms with van der Waals surface area (Å²) in [6.07, 6.45) is 4.37. The van der Waals surface area contributed by atoms with Gasteiger partial charge in [0, 0.05) is 13.5 Å². The van der Waals surface area contributed by atoms with Gasteiger partial charge in [-0.1, -0.05) is 0 Å². The van der Waals surface area contributed by atoms with Gasteiger partial charge < -0.3 is 5.11 Å². The molecule has 1 aliphatic rings. The Hall–Kier alpha value is -0.840. The third kappa shape index (κ3) is 2.22. The van der Waals surface area contributed by atoms with E-state index in [9.17, 15) is 4.79 Å². The summed E-state index contributed by atoms with van der Waals surface area (Å²) in [6.45, 7) is 0. The van der Waals surface area contributed by atoms with Crippen molar-refractivity contribution in [1.29, 1.82) is 0 Å². The highest BCUT2D eigenvalue weighted by molar-refractivity contribution is 9.10. The molecule has 1 atom stereocenters. The van der Waals surface area contributed by atoms with Crippen LogP contribution < -0.4 is 0 Å². The molecular formula is C10H13BrN2O2. The second-order valence-corrected chi connectivity index (χ2v) is 4.90. The molecule has 0 spiro atoms. The summed E-state index contributed by atoms with van der Waals surface area (Å²) < 4.78 is 2.64. The zero-order chi connectivity index (χ0) is 11.0. The number of aromatic nitrogens is 2. The summed E-state index contributed by atoms with van der Waals surface area (Å²) in [4.78, 5) is 11.1. The molecule has 2 rings (SSSR count). The topological polar surface area (TPSA) is 55.1 Å². The fourth-order valence-corrected chi connectivity index (χ4v) is 2.34. The van der Waals surface area contributed by atoms with Crippen LogP contribution in [0.4, 0.5) is 0 Å². The minimum Gasteiger partial charge on any atom is -0.481 e. The molecule has 15 heavy (non-hydrogen) atoms. The third-order valence-corrected chi connectivity index (χ3v) is 3.59. The first-order valence-electron chi connectivity index (χ1n) is 4.98. The molecule has 0 radical (unpaired) electrons. The number of hydrogen-bond donors (Lipinski definition) is 1. The third-order valence-electron chi connectivity index (χ3n) is 2.93. The van der Waals surface area contributed by atoms with Gasteiger partial charge in [0.25, 0.3) is 0 Å². The number of carboxylic acids is 1. The number of carbonyl (C=O) groups is 1. The summed E-state index contributed by atoms with van der Waals surface area (Å²) >= 11 is 3.39. The van der Waals surface area contributed by atoms with Crippen LogP contribution in [0.5, 0.6) is 0 Å². The molecule has 0 aromatic carbocycles. The normalized spacial score (nSPS) is 17.7. The molecule has 1 aromatic heterocycles. The van der Waals surface area contributed by atoms with Crippen molar-refractivity contribution in [3.63, 3.8) is 0 Å². The van der Waals surface area contributed by atoms with Crippen molar-refractivity contribution in [2.75, 3.05) is 0 Å². The maximum absolute atomic E-state index is 11.1. The zero-order valence-corrected chi connectivity index (χ0v) is 10.1. The number of aliphatic carboxylic acids is 1. The summed E-state index contributed by atoms with van der Waals surface area (Å²) in [6, 6.07) is 0. The number of halogens is 1. The lowest BCUT2D eigenvalue weighted by molar-refractivity contribution is -0.142. The maximum atomic E-state index is 11.1. The molecule has 5 heteroatoms. The lowest BCUT2D eigenvalue weighted by atomic mass is 9.98. The summed E-state index contributed by atoms with van der Waals surface area (Å²) in [5, 5.41) is 13.2. The molecular weight excluding hydrogens is 260 g/mol. The van der Waals surface area contributed by atoms with Crippen LogP contribution >= 0.6 is 15.9 Å². The Morgan fingerprint density at radius 2 is 2.47 bits per heavy atom. The molecule has 0 aliphatic heterocycles. The number of carboxylic acid groups (broad SMARTS) is 1. The number of nitrogens with zero attached hydrogens (tertiary/aromatic N) is 2. The van der Waals surface area contributed by atoms with Crippen LogP contribution in [0.1, 0.15) is 18.5 Å². The van der Waals surface area contributed by atoms with Crippen molar-refractivity contribution in [3.05, 3.63) is 16.4 Å². The van der Waals surface area contributed by atoms with Gasteiger partial charge in [-0.3, -0.25) is 9.48 Å². The van der Waals surface area contributed by atoms with Crippen LogP contribution in [0, 0.1) is 11.8 Å². The van der Waals surface area contributed by atoms with E-state index >= 15 is 0 Å². The van der Waals surface area contributed by atoms with E-state index < -0.39 is 5.97 Å². The molecule has 82 valence electrons. The van der Waals surface area contributed by atoms with Crippen molar-refractivity contribution < 1.29 is 9.90 Å². The molecule has 1 fully saturated rings. The van der Waals surface area contributed by atoms with E-state index in [0.29, 0.717) is 12.3 Å². The Bertz CT molecular complexity index is 365. The van der Waals surface area contributed by atoms with Crippen molar-refractivity contribution in [2.24, 2.45) is 18.9 Å². The van der Waals surface area contributed by atoms with Gasteiger partial charge in [-0.15, -0.1) is 0 Å². The smallest absolute Gasteiger partial charge is 0.307 e. The van der Waals surface area contributed by atoms with Gasteiger partial charge >= 0.3 is 5.97 Å². The van der Waals surface area contributed by atoms with Gasteiger partial charge in [0.15, 0.2) is 0 Å². The first-order chi connectivity index (χ1) is 7.09. The largest absolute Gasteiger partial charge is 0.481 e. The minimum absolute atomic E-state index is 0.253. The van der Waals surface area contributed by atoms with E-state index in [4.69, 9.17) is 5.11 Å². The van der Waals surface area contributed by atoms with Gasteiger partial charge in [0.05, 0.1) is 22.3 Å². The summed E-state index contributed by atoms with van der Waals surface area (Å²) in [5.41, 5.74) is 0.967. The molecule has 0 saturated heterocycles.